The molecule has 4 heterocycles. The molecule has 1 unspecified atom stereocenters. The number of nitriles is 1. The van der Waals surface area contributed by atoms with E-state index >= 15 is 8.78 Å². The zero-order chi connectivity index (χ0) is 28.0. The van der Waals surface area contributed by atoms with E-state index in [1.807, 2.05) is 26.0 Å². The fraction of sp³-hybridized carbons (Fsp3) is 0.367. The molecule has 0 aliphatic carbocycles. The van der Waals surface area contributed by atoms with E-state index in [2.05, 4.69) is 36.7 Å². The molecule has 0 radical (unpaired) electrons. The molecule has 2 fully saturated rings. The third-order valence-corrected chi connectivity index (χ3v) is 8.00. The number of nitrogens with zero attached hydrogens (tertiary/aromatic N) is 8. The zero-order valence-electron chi connectivity index (χ0n) is 22.8. The summed E-state index contributed by atoms with van der Waals surface area (Å²) >= 11 is 0. The molecule has 204 valence electrons. The van der Waals surface area contributed by atoms with E-state index in [-0.39, 0.29) is 22.6 Å². The van der Waals surface area contributed by atoms with Crippen molar-refractivity contribution in [2.75, 3.05) is 51.2 Å². The zero-order valence-corrected chi connectivity index (χ0v) is 22.8. The number of likely N-dealkylation sites (tertiary alicyclic amines) is 1. The predicted molar refractivity (Wildman–Crippen MR) is 150 cm³/mol. The number of anilines is 1. The number of halogens is 2. The lowest BCUT2D eigenvalue weighted by molar-refractivity contribution is 0.187. The van der Waals surface area contributed by atoms with E-state index in [0.29, 0.717) is 34.2 Å². The van der Waals surface area contributed by atoms with Gasteiger partial charge in [0.05, 0.1) is 23.0 Å². The molecular weight excluding hydrogens is 510 g/mol. The first kappa shape index (κ1) is 26.2. The van der Waals surface area contributed by atoms with Gasteiger partial charge in [0.25, 0.3) is 0 Å². The molecule has 40 heavy (non-hydrogen) atoms. The Labute approximate surface area is 231 Å². The van der Waals surface area contributed by atoms with E-state index in [9.17, 15) is 5.26 Å². The van der Waals surface area contributed by atoms with Gasteiger partial charge >= 0.3 is 0 Å². The maximum atomic E-state index is 15.2. The lowest BCUT2D eigenvalue weighted by Crippen LogP contribution is -2.51. The summed E-state index contributed by atoms with van der Waals surface area (Å²) in [6, 6.07) is 11.6. The van der Waals surface area contributed by atoms with Crippen LogP contribution in [-0.4, -0.2) is 82.1 Å². The highest BCUT2D eigenvalue weighted by Gasteiger charge is 2.29. The van der Waals surface area contributed by atoms with Crippen LogP contribution in [0.25, 0.3) is 33.8 Å². The van der Waals surface area contributed by atoms with Gasteiger partial charge in [-0.05, 0) is 70.3 Å². The molecule has 2 saturated heterocycles. The molecule has 2 aromatic heterocycles. The molecule has 10 heteroatoms. The number of piperazine rings is 1. The summed E-state index contributed by atoms with van der Waals surface area (Å²) in [5, 5.41) is 9.19. The van der Waals surface area contributed by atoms with Gasteiger partial charge in [0.15, 0.2) is 11.5 Å². The second-order valence-corrected chi connectivity index (χ2v) is 10.7. The Morgan fingerprint density at radius 2 is 1.68 bits per heavy atom. The largest absolute Gasteiger partial charge is 0.369 e. The van der Waals surface area contributed by atoms with Crippen molar-refractivity contribution in [2.24, 2.45) is 0 Å². The lowest BCUT2D eigenvalue weighted by atomic mass is 10.1. The van der Waals surface area contributed by atoms with E-state index < -0.39 is 11.6 Å². The topological polar surface area (TPSA) is 85.1 Å². The average Bonchev–Trinajstić information content (AvgIpc) is 3.39. The van der Waals surface area contributed by atoms with Crippen molar-refractivity contribution in [3.8, 4) is 28.7 Å². The van der Waals surface area contributed by atoms with Crippen molar-refractivity contribution in [3.63, 3.8) is 0 Å². The molecule has 0 saturated carbocycles. The van der Waals surface area contributed by atoms with Crippen LogP contribution in [0.3, 0.4) is 0 Å². The van der Waals surface area contributed by atoms with Gasteiger partial charge in [0.1, 0.15) is 22.8 Å². The highest BCUT2D eigenvalue weighted by molar-refractivity contribution is 5.89. The van der Waals surface area contributed by atoms with E-state index in [1.54, 1.807) is 0 Å². The molecule has 4 aromatic rings. The van der Waals surface area contributed by atoms with Crippen molar-refractivity contribution in [3.05, 3.63) is 65.0 Å². The van der Waals surface area contributed by atoms with Crippen LogP contribution in [0.4, 0.5) is 14.5 Å². The minimum Gasteiger partial charge on any atom is -0.369 e. The Hall–Kier alpha value is -4.07. The van der Waals surface area contributed by atoms with Crippen LogP contribution in [0.15, 0.2) is 36.4 Å². The molecular formula is C30H30F2N8. The van der Waals surface area contributed by atoms with Crippen LogP contribution < -0.4 is 4.90 Å². The lowest BCUT2D eigenvalue weighted by Gasteiger charge is -2.39. The molecule has 0 amide bonds. The van der Waals surface area contributed by atoms with Crippen molar-refractivity contribution in [2.45, 2.75) is 26.3 Å². The number of likely N-dealkylation sites (N-methyl/N-ethyl adjacent to an activating group) is 1. The van der Waals surface area contributed by atoms with Crippen LogP contribution in [0, 0.1) is 36.8 Å². The third-order valence-electron chi connectivity index (χ3n) is 8.00. The molecule has 6 rings (SSSR count). The molecule has 2 aromatic carbocycles. The first-order valence-corrected chi connectivity index (χ1v) is 13.5. The number of hydrogen-bond donors (Lipinski definition) is 0. The number of aromatic nitrogens is 4. The van der Waals surface area contributed by atoms with Crippen molar-refractivity contribution in [1.29, 1.82) is 5.26 Å². The fourth-order valence-corrected chi connectivity index (χ4v) is 5.65. The van der Waals surface area contributed by atoms with Gasteiger partial charge < -0.3 is 9.80 Å². The van der Waals surface area contributed by atoms with Gasteiger partial charge in [0.2, 0.25) is 0 Å². The summed E-state index contributed by atoms with van der Waals surface area (Å²) in [7, 11) is 2.16. The normalized spacial score (nSPS) is 18.4. The van der Waals surface area contributed by atoms with Gasteiger partial charge in [-0.25, -0.2) is 28.7 Å². The summed E-state index contributed by atoms with van der Waals surface area (Å²) in [6.45, 7) is 9.31. The Balaban J connectivity index is 1.38. The third kappa shape index (κ3) is 4.98. The summed E-state index contributed by atoms with van der Waals surface area (Å²) < 4.78 is 30.2. The Kier molecular flexibility index (Phi) is 6.86. The van der Waals surface area contributed by atoms with Crippen molar-refractivity contribution >= 4 is 16.9 Å². The molecule has 0 spiro atoms. The first-order chi connectivity index (χ1) is 19.3. The van der Waals surface area contributed by atoms with Crippen LogP contribution in [0.1, 0.15) is 23.4 Å². The Morgan fingerprint density at radius 3 is 2.38 bits per heavy atom. The monoisotopic (exact) mass is 540 g/mol. The van der Waals surface area contributed by atoms with E-state index in [4.69, 9.17) is 4.98 Å². The number of benzene rings is 2. The van der Waals surface area contributed by atoms with Gasteiger partial charge in [-0.2, -0.15) is 5.26 Å². The maximum Gasteiger partial charge on any atom is 0.182 e. The minimum atomic E-state index is -0.601. The molecule has 8 nitrogen and oxygen atoms in total. The summed E-state index contributed by atoms with van der Waals surface area (Å²) in [5.41, 5.74) is 3.88. The van der Waals surface area contributed by atoms with Crippen LogP contribution in [0.5, 0.6) is 0 Å². The molecule has 2 aliphatic rings. The molecule has 0 bridgehead atoms. The van der Waals surface area contributed by atoms with Gasteiger partial charge in [-0.15, -0.1) is 0 Å². The Bertz CT molecular complexity index is 1640. The van der Waals surface area contributed by atoms with Crippen LogP contribution in [-0.2, 0) is 0 Å². The summed E-state index contributed by atoms with van der Waals surface area (Å²) in [5.74, 6) is -0.762. The molecule has 0 N–H and O–H groups in total. The summed E-state index contributed by atoms with van der Waals surface area (Å²) in [6.07, 6.45) is 1.18. The highest BCUT2D eigenvalue weighted by Crippen LogP contribution is 2.32. The smallest absolute Gasteiger partial charge is 0.182 e. The quantitative estimate of drug-likeness (QED) is 0.378. The molecule has 2 aliphatic heterocycles. The Morgan fingerprint density at radius 1 is 0.900 bits per heavy atom. The van der Waals surface area contributed by atoms with Crippen LogP contribution >= 0.6 is 0 Å². The van der Waals surface area contributed by atoms with Crippen LogP contribution in [0.2, 0.25) is 0 Å². The second-order valence-electron chi connectivity index (χ2n) is 10.7. The summed E-state index contributed by atoms with van der Waals surface area (Å²) in [4.78, 5) is 25.6. The predicted octanol–water partition coefficient (Wildman–Crippen LogP) is 4.35. The van der Waals surface area contributed by atoms with Gasteiger partial charge in [0, 0.05) is 55.6 Å². The fourth-order valence-electron chi connectivity index (χ4n) is 5.65. The number of hydrogen-bond acceptors (Lipinski definition) is 8. The van der Waals surface area contributed by atoms with Gasteiger partial charge in [-0.3, -0.25) is 4.90 Å². The first-order valence-electron chi connectivity index (χ1n) is 13.5. The number of rotatable bonds is 4. The van der Waals surface area contributed by atoms with Gasteiger partial charge in [-0.1, -0.05) is 0 Å². The van der Waals surface area contributed by atoms with Crippen molar-refractivity contribution in [1.82, 2.24) is 29.7 Å². The van der Waals surface area contributed by atoms with E-state index in [1.165, 1.54) is 36.8 Å². The standard InChI is InChI=1S/C30H30F2N8/c1-18-19(2)35-30-28(34-18)27(25-5-4-20(16-33)12-26(25)32)36-29(37-30)21-13-22(31)15-24(14-21)40-10-8-39(9-11-40)23-6-7-38(3)17-23/h4-5,12-15,23H,6-11,17H2,1-3H3. The maximum absolute atomic E-state index is 15.2. The second kappa shape index (κ2) is 10.5. The number of aryl methyl sites for hydroxylation is 2. The number of fused-ring (bicyclic) bond motifs is 1. The minimum absolute atomic E-state index is 0.176. The van der Waals surface area contributed by atoms with Crippen molar-refractivity contribution < 1.29 is 8.78 Å². The molecule has 1 atom stereocenters. The average molecular weight is 541 g/mol. The SMILES string of the molecule is Cc1nc2nc(-c3cc(F)cc(N4CCN(C5CCN(C)C5)CC4)c3)nc(-c3ccc(C#N)cc3F)c2nc1C. The highest BCUT2D eigenvalue weighted by atomic mass is 19.1. The van der Waals surface area contributed by atoms with E-state index in [0.717, 1.165) is 45.0 Å².